The van der Waals surface area contributed by atoms with Crippen LogP contribution in [-0.2, 0) is 14.8 Å². The van der Waals surface area contributed by atoms with Crippen molar-refractivity contribution in [1.82, 2.24) is 4.31 Å². The third kappa shape index (κ3) is 3.00. The minimum atomic E-state index is -4.33. The average Bonchev–Trinajstić information content (AvgIpc) is 2.94. The van der Waals surface area contributed by atoms with Crippen molar-refractivity contribution < 1.29 is 23.1 Å². The first-order valence-electron chi connectivity index (χ1n) is 7.33. The van der Waals surface area contributed by atoms with Gasteiger partial charge in [0, 0.05) is 0 Å². The molecule has 1 N–H and O–H groups in total. The predicted molar refractivity (Wildman–Crippen MR) is 96.1 cm³/mol. The molecule has 3 rings (SSSR count). The Labute approximate surface area is 159 Å². The van der Waals surface area contributed by atoms with E-state index in [-0.39, 0.29) is 20.6 Å². The van der Waals surface area contributed by atoms with Crippen molar-refractivity contribution in [1.29, 1.82) is 0 Å². The van der Waals surface area contributed by atoms with Gasteiger partial charge < -0.3 is 5.11 Å². The summed E-state index contributed by atoms with van der Waals surface area (Å²) >= 11 is 12.0. The Balaban J connectivity index is 2.09. The summed E-state index contributed by atoms with van der Waals surface area (Å²) in [7, 11) is -4.33. The summed E-state index contributed by atoms with van der Waals surface area (Å²) in [6.45, 7) is -0.563. The lowest BCUT2D eigenvalue weighted by Crippen LogP contribution is -2.40. The standard InChI is InChI=1S/C16H12Cl2N2O5S/c17-10-5-1-3-7-12(10)20-13(15(21)22)9-19(16(20)23)26(24,25)14-8-4-2-6-11(14)18/h1-8,13H,9H2,(H,21,22)/t13-/m0/s1. The molecule has 1 atom stereocenters. The van der Waals surface area contributed by atoms with Crippen LogP contribution >= 0.6 is 23.2 Å². The van der Waals surface area contributed by atoms with Crippen LogP contribution in [0.4, 0.5) is 10.5 Å². The van der Waals surface area contributed by atoms with Gasteiger partial charge in [-0.2, -0.15) is 0 Å². The summed E-state index contributed by atoms with van der Waals surface area (Å²) in [6.07, 6.45) is 0. The van der Waals surface area contributed by atoms with Crippen molar-refractivity contribution >= 4 is 50.9 Å². The number of aliphatic carboxylic acids is 1. The molecule has 0 bridgehead atoms. The van der Waals surface area contributed by atoms with Crippen LogP contribution in [0.2, 0.25) is 10.0 Å². The van der Waals surface area contributed by atoms with Crippen LogP contribution in [0.1, 0.15) is 0 Å². The smallest absolute Gasteiger partial charge is 0.339 e. The minimum Gasteiger partial charge on any atom is -0.480 e. The highest BCUT2D eigenvalue weighted by molar-refractivity contribution is 7.89. The fourth-order valence-corrected chi connectivity index (χ4v) is 4.74. The Morgan fingerprint density at radius 2 is 1.62 bits per heavy atom. The highest BCUT2D eigenvalue weighted by atomic mass is 35.5. The maximum Gasteiger partial charge on any atom is 0.339 e. The Bertz CT molecular complexity index is 996. The first-order chi connectivity index (χ1) is 12.2. The fourth-order valence-electron chi connectivity index (χ4n) is 2.65. The zero-order chi connectivity index (χ0) is 19.1. The Morgan fingerprint density at radius 3 is 2.19 bits per heavy atom. The lowest BCUT2D eigenvalue weighted by molar-refractivity contribution is -0.138. The second kappa shape index (κ2) is 6.79. The van der Waals surface area contributed by atoms with E-state index in [0.717, 1.165) is 4.90 Å². The molecule has 1 heterocycles. The minimum absolute atomic E-state index is 0.0663. The summed E-state index contributed by atoms with van der Waals surface area (Å²) in [6, 6.07) is 9.30. The summed E-state index contributed by atoms with van der Waals surface area (Å²) in [5.74, 6) is -1.35. The molecule has 2 amide bonds. The number of sulfonamides is 1. The van der Waals surface area contributed by atoms with Gasteiger partial charge in [-0.15, -0.1) is 0 Å². The van der Waals surface area contributed by atoms with Crippen LogP contribution in [0.15, 0.2) is 53.4 Å². The van der Waals surface area contributed by atoms with Gasteiger partial charge in [0.2, 0.25) is 0 Å². The van der Waals surface area contributed by atoms with E-state index in [1.165, 1.54) is 30.3 Å². The topological polar surface area (TPSA) is 95.0 Å². The van der Waals surface area contributed by atoms with E-state index in [2.05, 4.69) is 0 Å². The van der Waals surface area contributed by atoms with E-state index >= 15 is 0 Å². The van der Waals surface area contributed by atoms with Crippen LogP contribution in [0.3, 0.4) is 0 Å². The third-order valence-electron chi connectivity index (χ3n) is 3.87. The first kappa shape index (κ1) is 18.5. The number of carbonyl (C=O) groups is 2. The lowest BCUT2D eigenvalue weighted by Gasteiger charge is -2.21. The summed E-state index contributed by atoms with van der Waals surface area (Å²) < 4.78 is 26.2. The molecular formula is C16H12Cl2N2O5S. The monoisotopic (exact) mass is 414 g/mol. The van der Waals surface area contributed by atoms with Crippen LogP contribution in [0, 0.1) is 0 Å². The molecule has 0 spiro atoms. The number of hydrogen-bond acceptors (Lipinski definition) is 4. The number of carboxylic acid groups (broad SMARTS) is 1. The molecular weight excluding hydrogens is 403 g/mol. The van der Waals surface area contributed by atoms with Crippen molar-refractivity contribution in [2.75, 3.05) is 11.4 Å². The highest BCUT2D eigenvalue weighted by Crippen LogP contribution is 2.34. The Morgan fingerprint density at radius 1 is 1.04 bits per heavy atom. The van der Waals surface area contributed by atoms with Gasteiger partial charge in [-0.3, -0.25) is 4.90 Å². The van der Waals surface area contributed by atoms with Crippen molar-refractivity contribution in [3.63, 3.8) is 0 Å². The van der Waals surface area contributed by atoms with Crippen LogP contribution in [0.5, 0.6) is 0 Å². The molecule has 1 aliphatic heterocycles. The van der Waals surface area contributed by atoms with Gasteiger partial charge in [0.1, 0.15) is 4.90 Å². The predicted octanol–water partition coefficient (Wildman–Crippen LogP) is 3.08. The van der Waals surface area contributed by atoms with Gasteiger partial charge in [-0.25, -0.2) is 22.3 Å². The number of hydrogen-bond donors (Lipinski definition) is 1. The number of rotatable bonds is 4. The van der Waals surface area contributed by atoms with Crippen molar-refractivity contribution in [3.8, 4) is 0 Å². The van der Waals surface area contributed by atoms with Gasteiger partial charge >= 0.3 is 12.0 Å². The summed E-state index contributed by atoms with van der Waals surface area (Å²) in [5, 5.41) is 9.54. The molecule has 2 aromatic carbocycles. The maximum absolute atomic E-state index is 12.9. The normalized spacial score (nSPS) is 17.6. The average molecular weight is 415 g/mol. The van der Waals surface area contributed by atoms with E-state index in [0.29, 0.717) is 4.31 Å². The summed E-state index contributed by atoms with van der Waals surface area (Å²) in [4.78, 5) is 25.0. The molecule has 0 unspecified atom stereocenters. The number of urea groups is 1. The van der Waals surface area contributed by atoms with E-state index in [4.69, 9.17) is 23.2 Å². The number of carbonyl (C=O) groups excluding carboxylic acids is 1. The lowest BCUT2D eigenvalue weighted by atomic mass is 10.2. The molecule has 1 fully saturated rings. The van der Waals surface area contributed by atoms with Gasteiger partial charge in [-0.05, 0) is 24.3 Å². The maximum atomic E-state index is 12.9. The second-order valence-corrected chi connectivity index (χ2v) is 8.07. The van der Waals surface area contributed by atoms with E-state index < -0.39 is 34.6 Å². The molecule has 26 heavy (non-hydrogen) atoms. The van der Waals surface area contributed by atoms with E-state index in [1.54, 1.807) is 18.2 Å². The zero-order valence-electron chi connectivity index (χ0n) is 13.0. The zero-order valence-corrected chi connectivity index (χ0v) is 15.4. The number of nitrogens with zero attached hydrogens (tertiary/aromatic N) is 2. The highest BCUT2D eigenvalue weighted by Gasteiger charge is 2.48. The van der Waals surface area contributed by atoms with Gasteiger partial charge in [-0.1, -0.05) is 47.5 Å². The Hall–Kier alpha value is -2.29. The van der Waals surface area contributed by atoms with Crippen LogP contribution < -0.4 is 4.90 Å². The van der Waals surface area contributed by atoms with Crippen molar-refractivity contribution in [2.24, 2.45) is 0 Å². The molecule has 1 aliphatic rings. The Kier molecular flexibility index (Phi) is 4.83. The number of amides is 2. The third-order valence-corrected chi connectivity index (χ3v) is 6.43. The van der Waals surface area contributed by atoms with Crippen molar-refractivity contribution in [3.05, 3.63) is 58.6 Å². The molecule has 0 aliphatic carbocycles. The number of para-hydroxylation sites is 1. The van der Waals surface area contributed by atoms with Gasteiger partial charge in [0.05, 0.1) is 22.3 Å². The first-order valence-corrected chi connectivity index (χ1v) is 9.52. The second-order valence-electron chi connectivity index (χ2n) is 5.42. The number of anilines is 1. The molecule has 0 radical (unpaired) electrons. The summed E-state index contributed by atoms with van der Waals surface area (Å²) in [5.41, 5.74) is 0.114. The molecule has 0 aromatic heterocycles. The quantitative estimate of drug-likeness (QED) is 0.828. The molecule has 7 nitrogen and oxygen atoms in total. The molecule has 1 saturated heterocycles. The molecule has 0 saturated carbocycles. The van der Waals surface area contributed by atoms with Crippen LogP contribution in [-0.4, -0.2) is 42.4 Å². The number of benzene rings is 2. The molecule has 10 heteroatoms. The van der Waals surface area contributed by atoms with Crippen LogP contribution in [0.25, 0.3) is 0 Å². The molecule has 2 aromatic rings. The number of carboxylic acids is 1. The van der Waals surface area contributed by atoms with Gasteiger partial charge in [0.15, 0.2) is 6.04 Å². The van der Waals surface area contributed by atoms with Gasteiger partial charge in [0.25, 0.3) is 10.0 Å². The SMILES string of the molecule is O=C(O)[C@@H]1CN(S(=O)(=O)c2ccccc2Cl)C(=O)N1c1ccccc1Cl. The van der Waals surface area contributed by atoms with E-state index in [1.807, 2.05) is 0 Å². The fraction of sp³-hybridized carbons (Fsp3) is 0.125. The number of halogens is 2. The van der Waals surface area contributed by atoms with Crippen molar-refractivity contribution in [2.45, 2.75) is 10.9 Å². The molecule has 136 valence electrons. The largest absolute Gasteiger partial charge is 0.480 e. The van der Waals surface area contributed by atoms with E-state index in [9.17, 15) is 23.1 Å².